The summed E-state index contributed by atoms with van der Waals surface area (Å²) < 4.78 is 38.7. The first-order chi connectivity index (χ1) is 18.9. The van der Waals surface area contributed by atoms with Crippen LogP contribution >= 0.6 is 0 Å². The molecule has 2 saturated heterocycles. The van der Waals surface area contributed by atoms with Crippen molar-refractivity contribution in [3.8, 4) is 0 Å². The van der Waals surface area contributed by atoms with Crippen LogP contribution in [0.3, 0.4) is 0 Å². The number of hydrogen-bond donors (Lipinski definition) is 0. The second-order valence-corrected chi connectivity index (χ2v) is 11.0. The third-order valence-electron chi connectivity index (χ3n) is 7.02. The lowest BCUT2D eigenvalue weighted by Crippen LogP contribution is -2.63. The summed E-state index contributed by atoms with van der Waals surface area (Å²) >= 11 is 0. The summed E-state index contributed by atoms with van der Waals surface area (Å²) in [5.41, 5.74) is 2.78. The first-order valence-corrected chi connectivity index (χ1v) is 13.5. The Kier molecular flexibility index (Phi) is 8.80. The zero-order valence-electron chi connectivity index (χ0n) is 22.9. The molecule has 0 bridgehead atoms. The fourth-order valence-corrected chi connectivity index (χ4v) is 4.64. The van der Waals surface area contributed by atoms with Gasteiger partial charge in [0.25, 0.3) is 0 Å². The van der Waals surface area contributed by atoms with E-state index < -0.39 is 37.0 Å². The average Bonchev–Trinajstić information content (AvgIpc) is 2.96. The van der Waals surface area contributed by atoms with Crippen LogP contribution in [-0.4, -0.2) is 37.3 Å². The van der Waals surface area contributed by atoms with Crippen molar-refractivity contribution < 1.29 is 28.4 Å². The summed E-state index contributed by atoms with van der Waals surface area (Å²) in [5.74, 6) is 0.612. The van der Waals surface area contributed by atoms with E-state index in [1.54, 1.807) is 0 Å². The summed E-state index contributed by atoms with van der Waals surface area (Å²) in [6.07, 6.45) is -3.18. The predicted octanol–water partition coefficient (Wildman–Crippen LogP) is 6.57. The molecule has 6 atom stereocenters. The molecule has 6 nitrogen and oxygen atoms in total. The van der Waals surface area contributed by atoms with Gasteiger partial charge in [-0.3, -0.25) is 0 Å². The van der Waals surface area contributed by atoms with E-state index in [0.717, 1.165) is 16.7 Å². The third kappa shape index (κ3) is 6.96. The number of hydrogen-bond acceptors (Lipinski definition) is 6. The average molecular weight is 531 g/mol. The van der Waals surface area contributed by atoms with Crippen LogP contribution in [-0.2, 0) is 41.6 Å². The summed E-state index contributed by atoms with van der Waals surface area (Å²) in [6, 6.07) is 30.1. The van der Waals surface area contributed by atoms with Gasteiger partial charge in [0.1, 0.15) is 24.4 Å². The number of rotatable bonds is 9. The van der Waals surface area contributed by atoms with Crippen molar-refractivity contribution in [2.24, 2.45) is 5.41 Å². The molecule has 0 aliphatic carbocycles. The Morgan fingerprint density at radius 2 is 1.31 bits per heavy atom. The smallest absolute Gasteiger partial charge is 0.229 e. The number of ether oxygens (including phenoxy) is 6. The Hall–Kier alpha value is -3.00. The molecule has 1 unspecified atom stereocenters. The van der Waals surface area contributed by atoms with Gasteiger partial charge in [0.2, 0.25) is 6.29 Å². The number of allylic oxidation sites excluding steroid dienone is 1. The van der Waals surface area contributed by atoms with Crippen molar-refractivity contribution in [2.45, 2.75) is 71.0 Å². The fourth-order valence-electron chi connectivity index (χ4n) is 4.64. The molecule has 0 saturated carbocycles. The Bertz CT molecular complexity index is 1180. The minimum absolute atomic E-state index is 0.275. The minimum atomic E-state index is -0.747. The molecule has 2 aliphatic heterocycles. The van der Waals surface area contributed by atoms with Crippen molar-refractivity contribution in [3.05, 3.63) is 120 Å². The van der Waals surface area contributed by atoms with Gasteiger partial charge < -0.3 is 28.4 Å². The van der Waals surface area contributed by atoms with Crippen LogP contribution in [0.4, 0.5) is 0 Å². The van der Waals surface area contributed by atoms with Gasteiger partial charge >= 0.3 is 0 Å². The molecular formula is C33H38O6. The number of fused-ring (bicyclic) bond motifs is 1. The van der Waals surface area contributed by atoms with Gasteiger partial charge in [-0.1, -0.05) is 118 Å². The van der Waals surface area contributed by atoms with Gasteiger partial charge in [-0.05, 0) is 11.1 Å². The maximum atomic E-state index is 6.63. The molecule has 3 aromatic rings. The first kappa shape index (κ1) is 27.6. The van der Waals surface area contributed by atoms with Crippen molar-refractivity contribution in [3.63, 3.8) is 0 Å². The van der Waals surface area contributed by atoms with Crippen LogP contribution < -0.4 is 0 Å². The summed E-state index contributed by atoms with van der Waals surface area (Å²) in [4.78, 5) is 0. The van der Waals surface area contributed by atoms with E-state index in [0.29, 0.717) is 25.6 Å². The minimum Gasteiger partial charge on any atom is -0.466 e. The Balaban J connectivity index is 1.44. The van der Waals surface area contributed by atoms with E-state index in [2.05, 4.69) is 27.4 Å². The van der Waals surface area contributed by atoms with E-state index in [4.69, 9.17) is 28.4 Å². The third-order valence-corrected chi connectivity index (χ3v) is 7.02. The zero-order chi connectivity index (χ0) is 27.2. The van der Waals surface area contributed by atoms with Crippen LogP contribution in [0.1, 0.15) is 43.8 Å². The molecule has 0 radical (unpaired) electrons. The topological polar surface area (TPSA) is 55.4 Å². The molecule has 2 aliphatic rings. The van der Waals surface area contributed by atoms with Crippen LogP contribution in [0, 0.1) is 5.41 Å². The summed E-state index contributed by atoms with van der Waals surface area (Å²) in [6.45, 7) is 11.5. The standard InChI is InChI=1S/C33H38O6/c1-23(33(2,3)4)37-32-30(35-21-25-16-10-6-11-17-25)29(34-20-24-14-8-5-9-15-24)28-27(38-32)22-36-31(39-28)26-18-12-7-13-19-26/h5-19,27-32H,1,20-22H2,2-4H3/t27-,28-,29+,30-,31?,32+/m1/s1. The van der Waals surface area contributed by atoms with Gasteiger partial charge in [0.05, 0.1) is 25.6 Å². The molecule has 2 fully saturated rings. The number of benzene rings is 3. The molecule has 0 amide bonds. The largest absolute Gasteiger partial charge is 0.466 e. The van der Waals surface area contributed by atoms with Gasteiger partial charge in [0, 0.05) is 11.0 Å². The Labute approximate surface area is 231 Å². The molecule has 5 rings (SSSR count). The van der Waals surface area contributed by atoms with E-state index in [1.165, 1.54) is 0 Å². The fraction of sp³-hybridized carbons (Fsp3) is 0.394. The highest BCUT2D eigenvalue weighted by atomic mass is 16.8. The van der Waals surface area contributed by atoms with E-state index in [9.17, 15) is 0 Å². The molecule has 0 spiro atoms. The second kappa shape index (κ2) is 12.5. The Morgan fingerprint density at radius 3 is 1.87 bits per heavy atom. The monoisotopic (exact) mass is 530 g/mol. The van der Waals surface area contributed by atoms with Crippen LogP contribution in [0.2, 0.25) is 0 Å². The highest BCUT2D eigenvalue weighted by Crippen LogP contribution is 2.39. The van der Waals surface area contributed by atoms with Crippen LogP contribution in [0.15, 0.2) is 103 Å². The summed E-state index contributed by atoms with van der Waals surface area (Å²) in [7, 11) is 0. The van der Waals surface area contributed by atoms with Crippen molar-refractivity contribution in [1.82, 2.24) is 0 Å². The predicted molar refractivity (Wildman–Crippen MR) is 148 cm³/mol. The van der Waals surface area contributed by atoms with E-state index in [1.807, 2.05) is 91.0 Å². The first-order valence-electron chi connectivity index (χ1n) is 13.5. The highest BCUT2D eigenvalue weighted by molar-refractivity contribution is 5.18. The second-order valence-electron chi connectivity index (χ2n) is 11.0. The molecule has 0 N–H and O–H groups in total. The summed E-state index contributed by atoms with van der Waals surface area (Å²) in [5, 5.41) is 0. The highest BCUT2D eigenvalue weighted by Gasteiger charge is 2.52. The lowest BCUT2D eigenvalue weighted by atomic mass is 9.94. The van der Waals surface area contributed by atoms with Crippen molar-refractivity contribution in [2.75, 3.05) is 6.61 Å². The van der Waals surface area contributed by atoms with Crippen LogP contribution in [0.5, 0.6) is 0 Å². The SMILES string of the molecule is C=C(O[C@H]1O[C@@H]2COC(c3ccccc3)O[C@H]2[C@H](OCc2ccccc2)[C@H]1OCc1ccccc1)C(C)(C)C. The Morgan fingerprint density at radius 1 is 0.769 bits per heavy atom. The van der Waals surface area contributed by atoms with Gasteiger partial charge in [0.15, 0.2) is 6.29 Å². The van der Waals surface area contributed by atoms with E-state index in [-0.39, 0.29) is 5.41 Å². The lowest BCUT2D eigenvalue weighted by Gasteiger charge is -2.49. The van der Waals surface area contributed by atoms with Gasteiger partial charge in [-0.15, -0.1) is 0 Å². The molecule has 2 heterocycles. The molecule has 39 heavy (non-hydrogen) atoms. The van der Waals surface area contributed by atoms with Gasteiger partial charge in [-0.25, -0.2) is 0 Å². The van der Waals surface area contributed by atoms with Crippen molar-refractivity contribution in [1.29, 1.82) is 0 Å². The molecule has 0 aromatic heterocycles. The maximum absolute atomic E-state index is 6.63. The zero-order valence-corrected chi connectivity index (χ0v) is 22.9. The van der Waals surface area contributed by atoms with Crippen molar-refractivity contribution >= 4 is 0 Å². The molecular weight excluding hydrogens is 492 g/mol. The maximum Gasteiger partial charge on any atom is 0.229 e. The molecule has 6 heteroatoms. The normalized spacial score (nSPS) is 26.9. The molecule has 3 aromatic carbocycles. The van der Waals surface area contributed by atoms with Crippen LogP contribution in [0.25, 0.3) is 0 Å². The molecule has 206 valence electrons. The quantitative estimate of drug-likeness (QED) is 0.292. The lowest BCUT2D eigenvalue weighted by molar-refractivity contribution is -0.369. The van der Waals surface area contributed by atoms with E-state index >= 15 is 0 Å². The van der Waals surface area contributed by atoms with Gasteiger partial charge in [-0.2, -0.15) is 0 Å².